The molecule has 0 saturated heterocycles. The highest BCUT2D eigenvalue weighted by atomic mass is 16.2. The van der Waals surface area contributed by atoms with Gasteiger partial charge in [0.15, 0.2) is 5.82 Å². The Bertz CT molecular complexity index is 1860. The van der Waals surface area contributed by atoms with Crippen LogP contribution in [0.1, 0.15) is 15.9 Å². The van der Waals surface area contributed by atoms with Crippen molar-refractivity contribution in [2.75, 3.05) is 5.43 Å². The van der Waals surface area contributed by atoms with Crippen LogP contribution in [0.3, 0.4) is 0 Å². The summed E-state index contributed by atoms with van der Waals surface area (Å²) in [5.74, 6) is -0.0636. The van der Waals surface area contributed by atoms with Crippen LogP contribution in [0.5, 0.6) is 0 Å². The summed E-state index contributed by atoms with van der Waals surface area (Å²) in [5, 5.41) is 1.11. The molecule has 0 spiro atoms. The molecule has 178 valence electrons. The maximum atomic E-state index is 13.8. The largest absolute Gasteiger partial charge is 0.280 e. The summed E-state index contributed by atoms with van der Waals surface area (Å²) in [6.45, 7) is 1.97. The van der Waals surface area contributed by atoms with Crippen LogP contribution >= 0.6 is 0 Å². The lowest BCUT2D eigenvalue weighted by atomic mass is 10.0. The maximum absolute atomic E-state index is 13.8. The monoisotopic (exact) mass is 482 g/mol. The number of carbonyl (C=O) groups excluding carboxylic acids is 1. The minimum absolute atomic E-state index is 0.350. The fourth-order valence-corrected chi connectivity index (χ4v) is 4.50. The van der Waals surface area contributed by atoms with Crippen LogP contribution in [0.2, 0.25) is 0 Å². The number of amides is 1. The molecular weight excluding hydrogens is 460 g/mol. The van der Waals surface area contributed by atoms with E-state index in [0.717, 1.165) is 16.7 Å². The summed E-state index contributed by atoms with van der Waals surface area (Å²) in [7, 11) is 0. The van der Waals surface area contributed by atoms with E-state index in [1.807, 2.05) is 91.9 Å². The van der Waals surface area contributed by atoms with E-state index < -0.39 is 5.91 Å². The number of hydrogen-bond acceptors (Lipinski definition) is 4. The molecule has 0 atom stereocenters. The van der Waals surface area contributed by atoms with Gasteiger partial charge in [0.1, 0.15) is 0 Å². The first kappa shape index (κ1) is 22.4. The summed E-state index contributed by atoms with van der Waals surface area (Å²) in [6.07, 6.45) is 0. The molecule has 6 heteroatoms. The van der Waals surface area contributed by atoms with Crippen molar-refractivity contribution in [1.82, 2.24) is 14.6 Å². The van der Waals surface area contributed by atoms with Crippen molar-refractivity contribution in [3.8, 4) is 22.6 Å². The third-order valence-corrected chi connectivity index (χ3v) is 6.30. The molecule has 1 amide bonds. The molecule has 2 aromatic heterocycles. The van der Waals surface area contributed by atoms with Gasteiger partial charge in [-0.25, -0.2) is 9.97 Å². The number of hydrogen-bond donors (Lipinski definition) is 1. The number of para-hydroxylation sites is 2. The van der Waals surface area contributed by atoms with Crippen molar-refractivity contribution in [3.05, 3.63) is 131 Å². The standard InChI is InChI=1S/C31H22N4O2/c1-20-10-9-13-22(18-20)29-33-27-17-8-6-15-24(27)31(37)35(29)34-30(36)25-19-28(21-11-3-2-4-12-21)32-26-16-7-5-14-23(25)26/h2-19H,1H3,(H,34,36). The smallest absolute Gasteiger partial charge is 0.267 e. The number of aromatic nitrogens is 3. The topological polar surface area (TPSA) is 76.9 Å². The Morgan fingerprint density at radius 3 is 2.11 bits per heavy atom. The first-order chi connectivity index (χ1) is 18.1. The van der Waals surface area contributed by atoms with Gasteiger partial charge in [-0.2, -0.15) is 4.68 Å². The van der Waals surface area contributed by atoms with Crippen LogP contribution in [0.25, 0.3) is 44.5 Å². The van der Waals surface area contributed by atoms with E-state index in [9.17, 15) is 9.59 Å². The van der Waals surface area contributed by atoms with Crippen molar-refractivity contribution in [3.63, 3.8) is 0 Å². The summed E-state index contributed by atoms with van der Waals surface area (Å²) in [4.78, 5) is 37.0. The molecule has 0 radical (unpaired) electrons. The van der Waals surface area contributed by atoms with Crippen molar-refractivity contribution >= 4 is 27.7 Å². The Morgan fingerprint density at radius 1 is 0.703 bits per heavy atom. The highest BCUT2D eigenvalue weighted by Gasteiger charge is 2.19. The fourth-order valence-electron chi connectivity index (χ4n) is 4.50. The lowest BCUT2D eigenvalue weighted by Gasteiger charge is -2.16. The summed E-state index contributed by atoms with van der Waals surface area (Å²) >= 11 is 0. The number of nitrogens with zero attached hydrogens (tertiary/aromatic N) is 3. The Labute approximate surface area is 212 Å². The van der Waals surface area contributed by atoms with Gasteiger partial charge < -0.3 is 0 Å². The predicted octanol–water partition coefficient (Wildman–Crippen LogP) is 5.97. The normalized spacial score (nSPS) is 11.1. The fraction of sp³-hybridized carbons (Fsp3) is 0.0323. The van der Waals surface area contributed by atoms with E-state index in [1.165, 1.54) is 4.68 Å². The summed E-state index contributed by atoms with van der Waals surface area (Å²) in [6, 6.07) is 33.8. The van der Waals surface area contributed by atoms with Crippen LogP contribution in [0.15, 0.2) is 114 Å². The highest BCUT2D eigenvalue weighted by Crippen LogP contribution is 2.25. The molecule has 0 saturated carbocycles. The van der Waals surface area contributed by atoms with Gasteiger partial charge in [0.05, 0.1) is 27.7 Å². The van der Waals surface area contributed by atoms with Crippen molar-refractivity contribution in [2.45, 2.75) is 6.92 Å². The third kappa shape index (κ3) is 4.15. The molecule has 0 aliphatic rings. The lowest BCUT2D eigenvalue weighted by molar-refractivity contribution is 0.101. The molecule has 37 heavy (non-hydrogen) atoms. The average molecular weight is 483 g/mol. The van der Waals surface area contributed by atoms with E-state index in [0.29, 0.717) is 38.9 Å². The number of benzene rings is 4. The number of pyridine rings is 1. The lowest BCUT2D eigenvalue weighted by Crippen LogP contribution is -2.35. The molecule has 0 unspecified atom stereocenters. The Hall–Kier alpha value is -5.10. The zero-order valence-corrected chi connectivity index (χ0v) is 20.1. The molecule has 0 fully saturated rings. The van der Waals surface area contributed by atoms with Gasteiger partial charge in [-0.15, -0.1) is 0 Å². The number of rotatable bonds is 4. The molecule has 0 bridgehead atoms. The van der Waals surface area contributed by atoms with Gasteiger partial charge >= 0.3 is 0 Å². The number of aryl methyl sites for hydroxylation is 1. The van der Waals surface area contributed by atoms with Gasteiger partial charge in [-0.1, -0.05) is 84.4 Å². The van der Waals surface area contributed by atoms with Crippen molar-refractivity contribution in [1.29, 1.82) is 0 Å². The van der Waals surface area contributed by atoms with Crippen molar-refractivity contribution < 1.29 is 4.79 Å². The second-order valence-corrected chi connectivity index (χ2v) is 8.84. The Kier molecular flexibility index (Phi) is 5.54. The molecule has 0 aliphatic heterocycles. The zero-order chi connectivity index (χ0) is 25.4. The van der Waals surface area contributed by atoms with Gasteiger partial charge in [-0.05, 0) is 37.3 Å². The van der Waals surface area contributed by atoms with Crippen LogP contribution < -0.4 is 11.0 Å². The molecular formula is C31H22N4O2. The third-order valence-electron chi connectivity index (χ3n) is 6.30. The molecule has 1 N–H and O–H groups in total. The van der Waals surface area contributed by atoms with Crippen LogP contribution in [-0.2, 0) is 0 Å². The first-order valence-electron chi connectivity index (χ1n) is 11.9. The Morgan fingerprint density at radius 2 is 1.35 bits per heavy atom. The molecule has 2 heterocycles. The van der Waals surface area contributed by atoms with E-state index >= 15 is 0 Å². The van der Waals surface area contributed by atoms with E-state index in [-0.39, 0.29) is 5.56 Å². The molecule has 6 aromatic rings. The Balaban J connectivity index is 1.53. The van der Waals surface area contributed by atoms with Gasteiger partial charge in [-0.3, -0.25) is 15.0 Å². The quantitative estimate of drug-likeness (QED) is 0.336. The van der Waals surface area contributed by atoms with E-state index in [2.05, 4.69) is 5.43 Å². The molecule has 6 rings (SSSR count). The second-order valence-electron chi connectivity index (χ2n) is 8.84. The second kappa shape index (κ2) is 9.17. The minimum Gasteiger partial charge on any atom is -0.267 e. The average Bonchev–Trinajstić information content (AvgIpc) is 2.94. The number of fused-ring (bicyclic) bond motifs is 2. The van der Waals surface area contributed by atoms with Crippen LogP contribution in [-0.4, -0.2) is 20.6 Å². The minimum atomic E-state index is -0.427. The first-order valence-corrected chi connectivity index (χ1v) is 11.9. The molecule has 4 aromatic carbocycles. The maximum Gasteiger partial charge on any atom is 0.280 e. The SMILES string of the molecule is Cc1cccc(-c2nc3ccccc3c(=O)n2NC(=O)c2cc(-c3ccccc3)nc3ccccc23)c1. The molecule has 0 aliphatic carbocycles. The highest BCUT2D eigenvalue weighted by molar-refractivity contribution is 6.10. The van der Waals surface area contributed by atoms with Crippen LogP contribution in [0.4, 0.5) is 0 Å². The van der Waals surface area contributed by atoms with Gasteiger partial charge in [0, 0.05) is 16.5 Å². The molecule has 6 nitrogen and oxygen atoms in total. The van der Waals surface area contributed by atoms with Crippen LogP contribution in [0, 0.1) is 6.92 Å². The van der Waals surface area contributed by atoms with E-state index in [4.69, 9.17) is 9.97 Å². The van der Waals surface area contributed by atoms with Gasteiger partial charge in [0.25, 0.3) is 11.5 Å². The number of nitrogens with one attached hydrogen (secondary N) is 1. The van der Waals surface area contributed by atoms with Gasteiger partial charge in [0.2, 0.25) is 0 Å². The van der Waals surface area contributed by atoms with Crippen molar-refractivity contribution in [2.24, 2.45) is 0 Å². The number of carbonyl (C=O) groups is 1. The summed E-state index contributed by atoms with van der Waals surface area (Å²) < 4.78 is 1.25. The van der Waals surface area contributed by atoms with E-state index in [1.54, 1.807) is 24.3 Å². The zero-order valence-electron chi connectivity index (χ0n) is 20.1. The summed E-state index contributed by atoms with van der Waals surface area (Å²) in [5.41, 5.74) is 7.49. The predicted molar refractivity (Wildman–Crippen MR) is 147 cm³/mol.